The van der Waals surface area contributed by atoms with Gasteiger partial charge in [0.05, 0.1) is 0 Å². The molecule has 0 bridgehead atoms. The third-order valence-electron chi connectivity index (χ3n) is 3.07. The standard InChI is InChI=1S/C15H15BFNO3/c1-18(10-11-5-3-2-4-6-11)15(19)12-7-13(16(20)21)9-14(17)8-12/h2-9,20-21H,10H2,1H3. The van der Waals surface area contributed by atoms with Crippen LogP contribution in [0.25, 0.3) is 0 Å². The predicted molar refractivity (Wildman–Crippen MR) is 78.5 cm³/mol. The van der Waals surface area contributed by atoms with Crippen molar-refractivity contribution in [1.29, 1.82) is 0 Å². The van der Waals surface area contributed by atoms with Crippen molar-refractivity contribution in [2.45, 2.75) is 6.54 Å². The molecule has 0 aliphatic heterocycles. The Kier molecular flexibility index (Phi) is 4.72. The van der Waals surface area contributed by atoms with E-state index in [0.717, 1.165) is 17.7 Å². The molecule has 2 rings (SSSR count). The summed E-state index contributed by atoms with van der Waals surface area (Å²) in [6.45, 7) is 0.382. The molecular weight excluding hydrogens is 272 g/mol. The van der Waals surface area contributed by atoms with Gasteiger partial charge in [0.15, 0.2) is 0 Å². The summed E-state index contributed by atoms with van der Waals surface area (Å²) in [5.41, 5.74) is 0.982. The highest BCUT2D eigenvalue weighted by molar-refractivity contribution is 6.58. The lowest BCUT2D eigenvalue weighted by Gasteiger charge is -2.18. The van der Waals surface area contributed by atoms with Crippen LogP contribution in [0.4, 0.5) is 4.39 Å². The first-order chi connectivity index (χ1) is 9.97. The van der Waals surface area contributed by atoms with Gasteiger partial charge in [0.1, 0.15) is 5.82 Å². The molecule has 4 nitrogen and oxygen atoms in total. The van der Waals surface area contributed by atoms with Crippen LogP contribution < -0.4 is 5.46 Å². The number of hydrogen-bond donors (Lipinski definition) is 2. The number of carbonyl (C=O) groups excluding carboxylic acids is 1. The van der Waals surface area contributed by atoms with Gasteiger partial charge in [0.2, 0.25) is 0 Å². The molecule has 2 N–H and O–H groups in total. The van der Waals surface area contributed by atoms with Crippen LogP contribution in [0.5, 0.6) is 0 Å². The van der Waals surface area contributed by atoms with Crippen molar-refractivity contribution >= 4 is 18.5 Å². The highest BCUT2D eigenvalue weighted by Crippen LogP contribution is 2.09. The molecule has 0 atom stereocenters. The minimum atomic E-state index is -1.81. The normalized spacial score (nSPS) is 10.3. The van der Waals surface area contributed by atoms with Gasteiger partial charge < -0.3 is 14.9 Å². The van der Waals surface area contributed by atoms with E-state index in [9.17, 15) is 9.18 Å². The molecule has 0 aliphatic carbocycles. The molecular formula is C15H15BFNO3. The SMILES string of the molecule is CN(Cc1ccccc1)C(=O)c1cc(F)cc(B(O)O)c1. The molecule has 0 spiro atoms. The second kappa shape index (κ2) is 6.52. The molecule has 2 aromatic carbocycles. The highest BCUT2D eigenvalue weighted by Gasteiger charge is 2.18. The minimum Gasteiger partial charge on any atom is -0.423 e. The number of amides is 1. The fourth-order valence-electron chi connectivity index (χ4n) is 2.03. The summed E-state index contributed by atoms with van der Waals surface area (Å²) in [7, 11) is -0.207. The zero-order chi connectivity index (χ0) is 15.4. The van der Waals surface area contributed by atoms with E-state index in [1.807, 2.05) is 30.3 Å². The summed E-state index contributed by atoms with van der Waals surface area (Å²) in [6.07, 6.45) is 0. The lowest BCUT2D eigenvalue weighted by Crippen LogP contribution is -2.33. The van der Waals surface area contributed by atoms with E-state index in [0.29, 0.717) is 6.54 Å². The monoisotopic (exact) mass is 287 g/mol. The van der Waals surface area contributed by atoms with Crippen LogP contribution in [-0.4, -0.2) is 35.0 Å². The molecule has 0 saturated carbocycles. The van der Waals surface area contributed by atoms with Crippen molar-refractivity contribution < 1.29 is 19.2 Å². The van der Waals surface area contributed by atoms with Gasteiger partial charge in [-0.2, -0.15) is 0 Å². The van der Waals surface area contributed by atoms with Gasteiger partial charge in [-0.05, 0) is 29.2 Å². The van der Waals surface area contributed by atoms with Crippen LogP contribution >= 0.6 is 0 Å². The van der Waals surface area contributed by atoms with Crippen LogP contribution in [-0.2, 0) is 6.54 Å². The van der Waals surface area contributed by atoms with Crippen LogP contribution in [0.15, 0.2) is 48.5 Å². The second-order valence-corrected chi connectivity index (χ2v) is 4.79. The fourth-order valence-corrected chi connectivity index (χ4v) is 2.03. The number of nitrogens with zero attached hydrogens (tertiary/aromatic N) is 1. The Hall–Kier alpha value is -2.18. The molecule has 0 aliphatic rings. The maximum absolute atomic E-state index is 13.4. The average Bonchev–Trinajstić information content (AvgIpc) is 2.46. The van der Waals surface area contributed by atoms with Crippen LogP contribution in [0.2, 0.25) is 0 Å². The first-order valence-corrected chi connectivity index (χ1v) is 6.43. The van der Waals surface area contributed by atoms with Crippen molar-refractivity contribution in [1.82, 2.24) is 4.90 Å². The second-order valence-electron chi connectivity index (χ2n) is 4.79. The van der Waals surface area contributed by atoms with Crippen molar-refractivity contribution in [2.24, 2.45) is 0 Å². The molecule has 0 heterocycles. The third-order valence-corrected chi connectivity index (χ3v) is 3.07. The number of carbonyl (C=O) groups is 1. The van der Waals surface area contributed by atoms with Gasteiger partial charge in [0, 0.05) is 19.2 Å². The zero-order valence-corrected chi connectivity index (χ0v) is 11.5. The maximum Gasteiger partial charge on any atom is 0.488 e. The topological polar surface area (TPSA) is 60.8 Å². The van der Waals surface area contributed by atoms with Gasteiger partial charge in [-0.1, -0.05) is 30.3 Å². The molecule has 2 aromatic rings. The Bertz CT molecular complexity index is 634. The largest absolute Gasteiger partial charge is 0.488 e. The smallest absolute Gasteiger partial charge is 0.423 e. The summed E-state index contributed by atoms with van der Waals surface area (Å²) >= 11 is 0. The first-order valence-electron chi connectivity index (χ1n) is 6.43. The molecule has 0 radical (unpaired) electrons. The number of hydrogen-bond acceptors (Lipinski definition) is 3. The van der Waals surface area contributed by atoms with Crippen molar-refractivity contribution in [2.75, 3.05) is 7.05 Å². The molecule has 6 heteroatoms. The Balaban J connectivity index is 2.19. The number of rotatable bonds is 4. The van der Waals surface area contributed by atoms with Crippen molar-refractivity contribution in [3.63, 3.8) is 0 Å². The molecule has 0 unspecified atom stereocenters. The van der Waals surface area contributed by atoms with Crippen molar-refractivity contribution in [3.05, 3.63) is 65.5 Å². The van der Waals surface area contributed by atoms with E-state index in [1.54, 1.807) is 7.05 Å². The molecule has 21 heavy (non-hydrogen) atoms. The Morgan fingerprint density at radius 3 is 2.48 bits per heavy atom. The van der Waals surface area contributed by atoms with Crippen LogP contribution in [0, 0.1) is 5.82 Å². The Morgan fingerprint density at radius 2 is 1.86 bits per heavy atom. The molecule has 0 aromatic heterocycles. The van der Waals surface area contributed by atoms with Crippen molar-refractivity contribution in [3.8, 4) is 0 Å². The minimum absolute atomic E-state index is 0.0496. The maximum atomic E-state index is 13.4. The van der Waals surface area contributed by atoms with Crippen LogP contribution in [0.1, 0.15) is 15.9 Å². The molecule has 108 valence electrons. The highest BCUT2D eigenvalue weighted by atomic mass is 19.1. The Morgan fingerprint density at radius 1 is 1.19 bits per heavy atom. The summed E-state index contributed by atoms with van der Waals surface area (Å²) in [5, 5.41) is 18.2. The summed E-state index contributed by atoms with van der Waals surface area (Å²) in [6, 6.07) is 12.7. The van der Waals surface area contributed by atoms with Gasteiger partial charge in [0.25, 0.3) is 5.91 Å². The lowest BCUT2D eigenvalue weighted by molar-refractivity contribution is 0.0784. The predicted octanol–water partition coefficient (Wildman–Crippen LogP) is 0.778. The number of halogens is 1. The zero-order valence-electron chi connectivity index (χ0n) is 11.5. The summed E-state index contributed by atoms with van der Waals surface area (Å²) in [4.78, 5) is 13.7. The first kappa shape index (κ1) is 15.2. The summed E-state index contributed by atoms with van der Waals surface area (Å²) in [5.74, 6) is -1.07. The van der Waals surface area contributed by atoms with Gasteiger partial charge in [-0.25, -0.2) is 4.39 Å². The molecule has 1 amide bonds. The van der Waals surface area contributed by atoms with E-state index in [2.05, 4.69) is 0 Å². The average molecular weight is 287 g/mol. The van der Waals surface area contributed by atoms with E-state index in [-0.39, 0.29) is 16.9 Å². The van der Waals surface area contributed by atoms with E-state index < -0.39 is 12.9 Å². The Labute approximate surface area is 122 Å². The number of benzene rings is 2. The fraction of sp³-hybridized carbons (Fsp3) is 0.133. The van der Waals surface area contributed by atoms with E-state index >= 15 is 0 Å². The quantitative estimate of drug-likeness (QED) is 0.817. The van der Waals surface area contributed by atoms with E-state index in [4.69, 9.17) is 10.0 Å². The summed E-state index contributed by atoms with van der Waals surface area (Å²) < 4.78 is 13.4. The molecule has 0 saturated heterocycles. The van der Waals surface area contributed by atoms with Crippen LogP contribution in [0.3, 0.4) is 0 Å². The van der Waals surface area contributed by atoms with E-state index in [1.165, 1.54) is 11.0 Å². The lowest BCUT2D eigenvalue weighted by atomic mass is 9.79. The van der Waals surface area contributed by atoms with Gasteiger partial charge >= 0.3 is 7.12 Å². The van der Waals surface area contributed by atoms with Gasteiger partial charge in [-0.15, -0.1) is 0 Å². The molecule has 0 fully saturated rings. The van der Waals surface area contributed by atoms with Gasteiger partial charge in [-0.3, -0.25) is 4.79 Å². The third kappa shape index (κ3) is 3.90.